The van der Waals surface area contributed by atoms with Crippen LogP contribution in [0.1, 0.15) is 31.9 Å². The van der Waals surface area contributed by atoms with Crippen LogP contribution in [0.4, 0.5) is 4.79 Å². The van der Waals surface area contributed by atoms with Gasteiger partial charge >= 0.3 is 6.03 Å². The highest BCUT2D eigenvalue weighted by Crippen LogP contribution is 2.25. The normalized spacial score (nSPS) is 14.2. The molecule has 0 saturated carbocycles. The van der Waals surface area contributed by atoms with Crippen molar-refractivity contribution < 1.29 is 13.2 Å². The van der Waals surface area contributed by atoms with Crippen LogP contribution >= 0.6 is 11.8 Å². The van der Waals surface area contributed by atoms with E-state index in [-0.39, 0.29) is 23.9 Å². The van der Waals surface area contributed by atoms with Gasteiger partial charge in [-0.2, -0.15) is 0 Å². The number of thioether (sulfide) groups is 1. The standard InChI is InChI=1S/C15H24N2O3S2/c1-11(9-10-22(4,19)20)16-15(18)17-12(2)13-7-5-6-8-14(13)21-3/h5-8,11-12H,9-10H2,1-4H3,(H2,16,17,18)/t11-,12-/m1/s1. The van der Waals surface area contributed by atoms with Crippen molar-refractivity contribution in [3.05, 3.63) is 29.8 Å². The van der Waals surface area contributed by atoms with Gasteiger partial charge in [0.1, 0.15) is 9.84 Å². The Kier molecular flexibility index (Phi) is 7.22. The summed E-state index contributed by atoms with van der Waals surface area (Å²) in [5, 5.41) is 5.66. The lowest BCUT2D eigenvalue weighted by molar-refractivity contribution is 0.234. The molecular formula is C15H24N2O3S2. The van der Waals surface area contributed by atoms with Gasteiger partial charge in [-0.25, -0.2) is 13.2 Å². The fourth-order valence-corrected chi connectivity index (χ4v) is 3.50. The minimum absolute atomic E-state index is 0.0688. The van der Waals surface area contributed by atoms with E-state index in [0.29, 0.717) is 6.42 Å². The van der Waals surface area contributed by atoms with Gasteiger partial charge in [0.25, 0.3) is 0 Å². The lowest BCUT2D eigenvalue weighted by Crippen LogP contribution is -2.42. The summed E-state index contributed by atoms with van der Waals surface area (Å²) in [6.07, 6.45) is 3.60. The topological polar surface area (TPSA) is 75.3 Å². The third-order valence-corrected chi connectivity index (χ3v) is 5.04. The van der Waals surface area contributed by atoms with Crippen LogP contribution in [0, 0.1) is 0 Å². The van der Waals surface area contributed by atoms with E-state index in [1.807, 2.05) is 37.4 Å². The van der Waals surface area contributed by atoms with Crippen LogP contribution in [-0.2, 0) is 9.84 Å². The fourth-order valence-electron chi connectivity index (χ4n) is 2.03. The zero-order chi connectivity index (χ0) is 16.8. The van der Waals surface area contributed by atoms with Gasteiger partial charge in [0.15, 0.2) is 0 Å². The second-order valence-corrected chi connectivity index (χ2v) is 8.51. The van der Waals surface area contributed by atoms with Gasteiger partial charge in [0.2, 0.25) is 0 Å². The molecule has 0 heterocycles. The Morgan fingerprint density at radius 3 is 2.45 bits per heavy atom. The molecule has 5 nitrogen and oxygen atoms in total. The monoisotopic (exact) mass is 344 g/mol. The predicted octanol–water partition coefficient (Wildman–Crippen LogP) is 2.59. The molecule has 0 fully saturated rings. The molecule has 0 bridgehead atoms. The Morgan fingerprint density at radius 2 is 1.86 bits per heavy atom. The van der Waals surface area contributed by atoms with Gasteiger partial charge in [0, 0.05) is 17.2 Å². The van der Waals surface area contributed by atoms with E-state index >= 15 is 0 Å². The fraction of sp³-hybridized carbons (Fsp3) is 0.533. The van der Waals surface area contributed by atoms with Crippen LogP contribution < -0.4 is 10.6 Å². The van der Waals surface area contributed by atoms with Gasteiger partial charge < -0.3 is 10.6 Å². The second-order valence-electron chi connectivity index (χ2n) is 5.40. The Labute approximate surface area is 137 Å². The molecule has 0 spiro atoms. The smallest absolute Gasteiger partial charge is 0.315 e. The summed E-state index contributed by atoms with van der Waals surface area (Å²) in [5.74, 6) is 0.0688. The van der Waals surface area contributed by atoms with Crippen molar-refractivity contribution in [1.29, 1.82) is 0 Å². The molecule has 0 aliphatic rings. The minimum atomic E-state index is -3.00. The van der Waals surface area contributed by atoms with Gasteiger partial charge in [-0.1, -0.05) is 18.2 Å². The molecule has 1 aromatic carbocycles. The molecule has 7 heteroatoms. The second kappa shape index (κ2) is 8.43. The van der Waals surface area contributed by atoms with Gasteiger partial charge in [0.05, 0.1) is 11.8 Å². The van der Waals surface area contributed by atoms with Crippen molar-refractivity contribution in [2.24, 2.45) is 0 Å². The first kappa shape index (κ1) is 18.8. The van der Waals surface area contributed by atoms with Crippen LogP contribution in [0.25, 0.3) is 0 Å². The summed E-state index contributed by atoms with van der Waals surface area (Å²) < 4.78 is 22.2. The number of amides is 2. The third kappa shape index (κ3) is 6.70. The van der Waals surface area contributed by atoms with Crippen LogP contribution in [0.2, 0.25) is 0 Å². The zero-order valence-corrected chi connectivity index (χ0v) is 15.1. The molecule has 2 N–H and O–H groups in total. The number of benzene rings is 1. The number of nitrogens with one attached hydrogen (secondary N) is 2. The molecule has 22 heavy (non-hydrogen) atoms. The number of hydrogen-bond acceptors (Lipinski definition) is 4. The van der Waals surface area contributed by atoms with E-state index < -0.39 is 9.84 Å². The highest BCUT2D eigenvalue weighted by Gasteiger charge is 2.15. The Hall–Kier alpha value is -1.21. The molecule has 2 amide bonds. The van der Waals surface area contributed by atoms with Crippen LogP contribution in [0.5, 0.6) is 0 Å². The molecule has 1 aromatic rings. The summed E-state index contributed by atoms with van der Waals surface area (Å²) in [6.45, 7) is 3.72. The molecule has 0 aliphatic carbocycles. The number of hydrogen-bond donors (Lipinski definition) is 2. The molecule has 1 rings (SSSR count). The van der Waals surface area contributed by atoms with Crippen molar-refractivity contribution in [2.45, 2.75) is 37.2 Å². The lowest BCUT2D eigenvalue weighted by Gasteiger charge is -2.20. The maximum atomic E-state index is 12.0. The van der Waals surface area contributed by atoms with Crippen molar-refractivity contribution in [3.8, 4) is 0 Å². The van der Waals surface area contributed by atoms with E-state index in [2.05, 4.69) is 10.6 Å². The first-order valence-corrected chi connectivity index (χ1v) is 10.4. The summed E-state index contributed by atoms with van der Waals surface area (Å²) >= 11 is 1.64. The molecule has 0 aliphatic heterocycles. The number of rotatable bonds is 7. The van der Waals surface area contributed by atoms with Crippen LogP contribution in [0.15, 0.2) is 29.2 Å². The molecule has 124 valence electrons. The van der Waals surface area contributed by atoms with Crippen molar-refractivity contribution >= 4 is 27.6 Å². The van der Waals surface area contributed by atoms with Gasteiger partial charge in [-0.05, 0) is 38.2 Å². The Balaban J connectivity index is 2.54. The SMILES string of the molecule is CSc1ccccc1[C@@H](C)NC(=O)N[C@H](C)CCS(C)(=O)=O. The summed E-state index contributed by atoms with van der Waals surface area (Å²) in [6, 6.07) is 7.32. The highest BCUT2D eigenvalue weighted by atomic mass is 32.2. The molecule has 0 unspecified atom stereocenters. The number of carbonyl (C=O) groups excluding carboxylic acids is 1. The molecule has 0 aromatic heterocycles. The van der Waals surface area contributed by atoms with E-state index in [1.165, 1.54) is 6.26 Å². The number of carbonyl (C=O) groups is 1. The van der Waals surface area contributed by atoms with Crippen molar-refractivity contribution in [3.63, 3.8) is 0 Å². The average Bonchev–Trinajstić information content (AvgIpc) is 2.44. The largest absolute Gasteiger partial charge is 0.336 e. The van der Waals surface area contributed by atoms with Gasteiger partial charge in [-0.15, -0.1) is 11.8 Å². The zero-order valence-electron chi connectivity index (χ0n) is 13.4. The lowest BCUT2D eigenvalue weighted by atomic mass is 10.1. The maximum Gasteiger partial charge on any atom is 0.315 e. The van der Waals surface area contributed by atoms with E-state index in [1.54, 1.807) is 18.7 Å². The van der Waals surface area contributed by atoms with Crippen molar-refractivity contribution in [2.75, 3.05) is 18.3 Å². The van der Waals surface area contributed by atoms with Gasteiger partial charge in [-0.3, -0.25) is 0 Å². The highest BCUT2D eigenvalue weighted by molar-refractivity contribution is 7.98. The summed E-state index contributed by atoms with van der Waals surface area (Å²) in [7, 11) is -3.00. The molecule has 0 radical (unpaired) electrons. The Bertz CT molecular complexity index is 603. The summed E-state index contributed by atoms with van der Waals surface area (Å²) in [5.41, 5.74) is 1.06. The van der Waals surface area contributed by atoms with E-state index in [4.69, 9.17) is 0 Å². The summed E-state index contributed by atoms with van der Waals surface area (Å²) in [4.78, 5) is 13.1. The predicted molar refractivity (Wildman–Crippen MR) is 92.1 cm³/mol. The molecular weight excluding hydrogens is 320 g/mol. The maximum absolute atomic E-state index is 12.0. The minimum Gasteiger partial charge on any atom is -0.336 e. The first-order chi connectivity index (χ1) is 10.2. The first-order valence-electron chi connectivity index (χ1n) is 7.10. The average molecular weight is 345 g/mol. The van der Waals surface area contributed by atoms with Crippen LogP contribution in [-0.4, -0.2) is 38.8 Å². The quantitative estimate of drug-likeness (QED) is 0.746. The molecule has 2 atom stereocenters. The van der Waals surface area contributed by atoms with E-state index in [9.17, 15) is 13.2 Å². The number of sulfone groups is 1. The molecule has 0 saturated heterocycles. The van der Waals surface area contributed by atoms with E-state index in [0.717, 1.165) is 10.5 Å². The van der Waals surface area contributed by atoms with Crippen molar-refractivity contribution in [1.82, 2.24) is 10.6 Å². The third-order valence-electron chi connectivity index (χ3n) is 3.25. The van der Waals surface area contributed by atoms with Crippen LogP contribution in [0.3, 0.4) is 0 Å². The number of urea groups is 1. The Morgan fingerprint density at radius 1 is 1.23 bits per heavy atom.